The van der Waals surface area contributed by atoms with Gasteiger partial charge in [0.1, 0.15) is 5.54 Å². The molecule has 0 saturated carbocycles. The first-order valence-corrected chi connectivity index (χ1v) is 6.21. The molecule has 0 aliphatic heterocycles. The van der Waals surface area contributed by atoms with Gasteiger partial charge < -0.3 is 15.7 Å². The Hall–Kier alpha value is -1.26. The summed E-state index contributed by atoms with van der Waals surface area (Å²) in [6, 6.07) is -0.406. The number of carbonyl (C=O) groups excluding carboxylic acids is 1. The second kappa shape index (κ2) is 7.14. The second-order valence-corrected chi connectivity index (χ2v) is 4.44. The number of carboxylic acid groups (broad SMARTS) is 1. The topological polar surface area (TPSA) is 78.4 Å². The van der Waals surface area contributed by atoms with Gasteiger partial charge in [-0.1, -0.05) is 34.1 Å². The number of hydrogen-bond donors (Lipinski definition) is 3. The minimum Gasteiger partial charge on any atom is -0.480 e. The van der Waals surface area contributed by atoms with Crippen molar-refractivity contribution < 1.29 is 14.7 Å². The van der Waals surface area contributed by atoms with Gasteiger partial charge in [0.15, 0.2) is 0 Å². The highest BCUT2D eigenvalue weighted by molar-refractivity contribution is 5.86. The molecule has 100 valence electrons. The highest BCUT2D eigenvalue weighted by Gasteiger charge is 2.36. The molecule has 0 spiro atoms. The molecule has 0 rings (SSSR count). The van der Waals surface area contributed by atoms with E-state index in [1.165, 1.54) is 0 Å². The van der Waals surface area contributed by atoms with E-state index in [1.807, 2.05) is 13.8 Å². The molecule has 0 saturated heterocycles. The number of amides is 2. The summed E-state index contributed by atoms with van der Waals surface area (Å²) < 4.78 is 0. The maximum absolute atomic E-state index is 11.6. The summed E-state index contributed by atoms with van der Waals surface area (Å²) in [7, 11) is 0. The summed E-state index contributed by atoms with van der Waals surface area (Å²) in [5.74, 6) is -0.593. The fourth-order valence-electron chi connectivity index (χ4n) is 1.46. The van der Waals surface area contributed by atoms with Crippen molar-refractivity contribution in [3.8, 4) is 0 Å². The maximum atomic E-state index is 11.6. The molecule has 0 radical (unpaired) electrons. The highest BCUT2D eigenvalue weighted by Crippen LogP contribution is 2.15. The van der Waals surface area contributed by atoms with Crippen LogP contribution >= 0.6 is 0 Å². The van der Waals surface area contributed by atoms with Crippen molar-refractivity contribution in [1.82, 2.24) is 10.6 Å². The molecule has 5 heteroatoms. The van der Waals surface area contributed by atoms with Crippen LogP contribution in [0, 0.1) is 5.92 Å². The Morgan fingerprint density at radius 2 is 1.76 bits per heavy atom. The summed E-state index contributed by atoms with van der Waals surface area (Å²) in [6.45, 7) is 8.15. The van der Waals surface area contributed by atoms with Crippen LogP contribution in [0.25, 0.3) is 0 Å². The quantitative estimate of drug-likeness (QED) is 0.640. The molecule has 0 aliphatic rings. The van der Waals surface area contributed by atoms with Crippen LogP contribution in [-0.4, -0.2) is 29.2 Å². The van der Waals surface area contributed by atoms with E-state index < -0.39 is 17.5 Å². The van der Waals surface area contributed by atoms with Crippen LogP contribution in [-0.2, 0) is 4.79 Å². The van der Waals surface area contributed by atoms with E-state index >= 15 is 0 Å². The van der Waals surface area contributed by atoms with Gasteiger partial charge in [-0.3, -0.25) is 0 Å². The summed E-state index contributed by atoms with van der Waals surface area (Å²) in [4.78, 5) is 22.8. The number of carbonyl (C=O) groups is 2. The lowest BCUT2D eigenvalue weighted by atomic mass is 9.93. The first-order valence-electron chi connectivity index (χ1n) is 6.21. The van der Waals surface area contributed by atoms with E-state index in [2.05, 4.69) is 10.6 Å². The first-order chi connectivity index (χ1) is 7.91. The van der Waals surface area contributed by atoms with Crippen molar-refractivity contribution >= 4 is 12.0 Å². The number of nitrogens with one attached hydrogen (secondary N) is 2. The molecule has 0 aromatic heterocycles. The summed E-state index contributed by atoms with van der Waals surface area (Å²) in [6.07, 6.45) is 1.72. The van der Waals surface area contributed by atoms with Crippen LogP contribution in [0.1, 0.15) is 47.0 Å². The molecular formula is C12H24N2O3. The lowest BCUT2D eigenvalue weighted by Crippen LogP contribution is -2.56. The largest absolute Gasteiger partial charge is 0.480 e. The van der Waals surface area contributed by atoms with Crippen LogP contribution in [0.4, 0.5) is 4.79 Å². The fourth-order valence-corrected chi connectivity index (χ4v) is 1.46. The monoisotopic (exact) mass is 244 g/mol. The SMILES string of the molecule is CCC(C)CNC(=O)NC(CC)(CC)C(=O)O. The summed E-state index contributed by atoms with van der Waals surface area (Å²) in [5, 5.41) is 14.4. The predicted molar refractivity (Wildman–Crippen MR) is 66.9 cm³/mol. The average Bonchev–Trinajstić information content (AvgIpc) is 2.32. The fraction of sp³-hybridized carbons (Fsp3) is 0.833. The molecule has 1 atom stereocenters. The van der Waals surface area contributed by atoms with Gasteiger partial charge in [0, 0.05) is 6.54 Å². The van der Waals surface area contributed by atoms with Crippen molar-refractivity contribution in [1.29, 1.82) is 0 Å². The van der Waals surface area contributed by atoms with Crippen LogP contribution in [0.3, 0.4) is 0 Å². The minimum absolute atomic E-state index is 0.371. The van der Waals surface area contributed by atoms with Crippen LogP contribution < -0.4 is 10.6 Å². The van der Waals surface area contributed by atoms with Crippen LogP contribution in [0.15, 0.2) is 0 Å². The maximum Gasteiger partial charge on any atom is 0.329 e. The number of urea groups is 1. The van der Waals surface area contributed by atoms with E-state index in [4.69, 9.17) is 5.11 Å². The van der Waals surface area contributed by atoms with Crippen molar-refractivity contribution in [2.45, 2.75) is 52.5 Å². The van der Waals surface area contributed by atoms with Gasteiger partial charge in [0.05, 0.1) is 0 Å². The van der Waals surface area contributed by atoms with E-state index in [1.54, 1.807) is 13.8 Å². The van der Waals surface area contributed by atoms with Crippen molar-refractivity contribution in [2.24, 2.45) is 5.92 Å². The number of hydrogen-bond acceptors (Lipinski definition) is 2. The molecule has 0 aromatic rings. The second-order valence-electron chi connectivity index (χ2n) is 4.44. The Bertz CT molecular complexity index is 262. The van der Waals surface area contributed by atoms with Gasteiger partial charge in [-0.2, -0.15) is 0 Å². The Kier molecular flexibility index (Phi) is 6.61. The predicted octanol–water partition coefficient (Wildman–Crippen LogP) is 1.98. The number of carboxylic acids is 1. The van der Waals surface area contributed by atoms with Gasteiger partial charge in [-0.25, -0.2) is 9.59 Å². The van der Waals surface area contributed by atoms with E-state index in [9.17, 15) is 9.59 Å². The Morgan fingerprint density at radius 3 is 2.12 bits per heavy atom. The Labute approximate surface area is 103 Å². The normalized spacial score (nSPS) is 12.9. The van der Waals surface area contributed by atoms with Crippen LogP contribution in [0.5, 0.6) is 0 Å². The third-order valence-electron chi connectivity index (χ3n) is 3.28. The Morgan fingerprint density at radius 1 is 1.24 bits per heavy atom. The molecule has 17 heavy (non-hydrogen) atoms. The van der Waals surface area contributed by atoms with Gasteiger partial charge in [0.2, 0.25) is 0 Å². The minimum atomic E-state index is -1.15. The zero-order valence-corrected chi connectivity index (χ0v) is 11.2. The van der Waals surface area contributed by atoms with E-state index in [0.29, 0.717) is 25.3 Å². The molecule has 0 fully saturated rings. The molecular weight excluding hydrogens is 220 g/mol. The van der Waals surface area contributed by atoms with Gasteiger partial charge >= 0.3 is 12.0 Å². The molecule has 0 aromatic carbocycles. The zero-order chi connectivity index (χ0) is 13.5. The molecule has 3 N–H and O–H groups in total. The average molecular weight is 244 g/mol. The first kappa shape index (κ1) is 15.7. The third kappa shape index (κ3) is 4.63. The number of rotatable bonds is 7. The van der Waals surface area contributed by atoms with Gasteiger partial charge in [0.25, 0.3) is 0 Å². The molecule has 1 unspecified atom stereocenters. The van der Waals surface area contributed by atoms with Crippen molar-refractivity contribution in [3.63, 3.8) is 0 Å². The molecule has 0 heterocycles. The molecule has 5 nitrogen and oxygen atoms in total. The van der Waals surface area contributed by atoms with E-state index in [-0.39, 0.29) is 0 Å². The van der Waals surface area contributed by atoms with Crippen LogP contribution in [0.2, 0.25) is 0 Å². The molecule has 2 amide bonds. The summed E-state index contributed by atoms with van der Waals surface area (Å²) >= 11 is 0. The lowest BCUT2D eigenvalue weighted by molar-refractivity contribution is -0.144. The highest BCUT2D eigenvalue weighted by atomic mass is 16.4. The standard InChI is InChI=1S/C12H24N2O3/c1-5-9(4)8-13-11(17)14-12(6-2,7-3)10(15)16/h9H,5-8H2,1-4H3,(H,15,16)(H2,13,14,17). The third-order valence-corrected chi connectivity index (χ3v) is 3.28. The zero-order valence-electron chi connectivity index (χ0n) is 11.2. The van der Waals surface area contributed by atoms with Gasteiger partial charge in [-0.05, 0) is 18.8 Å². The smallest absolute Gasteiger partial charge is 0.329 e. The van der Waals surface area contributed by atoms with Crippen molar-refractivity contribution in [2.75, 3.05) is 6.54 Å². The van der Waals surface area contributed by atoms with E-state index in [0.717, 1.165) is 6.42 Å². The van der Waals surface area contributed by atoms with Crippen molar-refractivity contribution in [3.05, 3.63) is 0 Å². The Balaban J connectivity index is 4.37. The van der Waals surface area contributed by atoms with Gasteiger partial charge in [-0.15, -0.1) is 0 Å². The molecule has 0 aliphatic carbocycles. The lowest BCUT2D eigenvalue weighted by Gasteiger charge is -2.28. The summed E-state index contributed by atoms with van der Waals surface area (Å²) in [5.41, 5.74) is -1.15. The molecule has 0 bridgehead atoms. The number of aliphatic carboxylic acids is 1.